The fraction of sp³-hybridized carbons (Fsp3) is 0.0556. The van der Waals surface area contributed by atoms with Crippen molar-refractivity contribution in [3.8, 4) is 67.5 Å². The fourth-order valence-corrected chi connectivity index (χ4v) is 9.26. The molecule has 0 amide bonds. The first-order chi connectivity index (χ1) is 28.0. The van der Waals surface area contributed by atoms with Crippen molar-refractivity contribution in [3.05, 3.63) is 199 Å². The van der Waals surface area contributed by atoms with Crippen LogP contribution in [0.4, 0.5) is 0 Å². The quantitative estimate of drug-likeness (QED) is 0.131. The van der Waals surface area contributed by atoms with Gasteiger partial charge in [-0.25, -0.2) is 15.0 Å². The molecule has 0 radical (unpaired) electrons. The molecule has 1 aliphatic rings. The smallest absolute Gasteiger partial charge is 0.165 e. The van der Waals surface area contributed by atoms with Crippen molar-refractivity contribution in [2.45, 2.75) is 19.3 Å². The lowest BCUT2D eigenvalue weighted by Crippen LogP contribution is -2.16. The molecule has 10 aromatic rings. The molecular weight excluding hydrogens is 691 g/mol. The van der Waals surface area contributed by atoms with Gasteiger partial charge in [-0.2, -0.15) is 0 Å². The molecule has 9 aromatic carbocycles. The largest absolute Gasteiger partial charge is 0.208 e. The number of rotatable bonds is 5. The van der Waals surface area contributed by atoms with Crippen molar-refractivity contribution in [2.75, 3.05) is 0 Å². The number of nitrogens with zero attached hydrogens (tertiary/aromatic N) is 3. The van der Waals surface area contributed by atoms with Crippen LogP contribution in [0.3, 0.4) is 0 Å². The summed E-state index contributed by atoms with van der Waals surface area (Å²) in [7, 11) is 0. The predicted octanol–water partition coefficient (Wildman–Crippen LogP) is 14.0. The Morgan fingerprint density at radius 2 is 0.930 bits per heavy atom. The second-order valence-corrected chi connectivity index (χ2v) is 15.6. The molecule has 1 aromatic heterocycles. The Labute approximate surface area is 332 Å². The fourth-order valence-electron chi connectivity index (χ4n) is 9.26. The maximum atomic E-state index is 5.43. The van der Waals surface area contributed by atoms with E-state index in [1.807, 2.05) is 0 Å². The molecule has 3 nitrogen and oxygen atoms in total. The van der Waals surface area contributed by atoms with Crippen LogP contribution in [0.5, 0.6) is 0 Å². The van der Waals surface area contributed by atoms with Gasteiger partial charge in [-0.05, 0) is 89.0 Å². The summed E-state index contributed by atoms with van der Waals surface area (Å²) in [5.74, 6) is 1.92. The first-order valence-electron chi connectivity index (χ1n) is 19.6. The monoisotopic (exact) mass is 727 g/mol. The summed E-state index contributed by atoms with van der Waals surface area (Å²) in [6, 6.07) is 67.2. The highest BCUT2D eigenvalue weighted by Gasteiger charge is 2.37. The van der Waals surface area contributed by atoms with Gasteiger partial charge in [0.1, 0.15) is 0 Å². The van der Waals surface area contributed by atoms with Crippen molar-refractivity contribution >= 4 is 32.3 Å². The third kappa shape index (κ3) is 5.31. The summed E-state index contributed by atoms with van der Waals surface area (Å²) in [6.45, 7) is 4.69. The Morgan fingerprint density at radius 1 is 0.333 bits per heavy atom. The van der Waals surface area contributed by atoms with Gasteiger partial charge in [-0.15, -0.1) is 0 Å². The van der Waals surface area contributed by atoms with Gasteiger partial charge in [-0.3, -0.25) is 0 Å². The van der Waals surface area contributed by atoms with E-state index in [1.165, 1.54) is 44.0 Å². The van der Waals surface area contributed by atoms with Gasteiger partial charge >= 0.3 is 0 Å². The van der Waals surface area contributed by atoms with E-state index >= 15 is 0 Å². The standard InChI is InChI=1S/C54H37N3/c1-54(2)48-29-13-12-25-43(48)45-28-15-27-42(50(45)54)36-20-14-21-38(32-36)51-55-52(46-26-11-10-22-39(46)34-16-4-3-5-17-34)57-53(56-51)49-41-24-9-7-19-37(41)33-47-40-23-8-6-18-35(40)30-31-44(47)49/h3-33H,1-2H3. The van der Waals surface area contributed by atoms with Gasteiger partial charge in [0.05, 0.1) is 0 Å². The number of benzene rings is 9. The van der Waals surface area contributed by atoms with Gasteiger partial charge in [0.15, 0.2) is 17.5 Å². The Kier molecular flexibility index (Phi) is 7.52. The van der Waals surface area contributed by atoms with Crippen LogP contribution in [-0.4, -0.2) is 15.0 Å². The molecule has 0 atom stereocenters. The van der Waals surface area contributed by atoms with E-state index in [0.717, 1.165) is 49.5 Å². The van der Waals surface area contributed by atoms with Crippen LogP contribution < -0.4 is 0 Å². The minimum atomic E-state index is -0.146. The van der Waals surface area contributed by atoms with Crippen LogP contribution in [0.2, 0.25) is 0 Å². The van der Waals surface area contributed by atoms with Gasteiger partial charge in [0, 0.05) is 22.1 Å². The molecule has 1 heterocycles. The van der Waals surface area contributed by atoms with Crippen molar-refractivity contribution in [2.24, 2.45) is 0 Å². The molecule has 0 saturated carbocycles. The molecule has 0 fully saturated rings. The van der Waals surface area contributed by atoms with Crippen LogP contribution in [0.25, 0.3) is 99.9 Å². The second-order valence-electron chi connectivity index (χ2n) is 15.6. The zero-order valence-corrected chi connectivity index (χ0v) is 31.7. The summed E-state index contributed by atoms with van der Waals surface area (Å²) >= 11 is 0. The topological polar surface area (TPSA) is 38.7 Å². The van der Waals surface area contributed by atoms with Gasteiger partial charge in [0.25, 0.3) is 0 Å². The second kappa shape index (κ2) is 12.9. The molecule has 0 aliphatic heterocycles. The molecule has 0 spiro atoms. The molecule has 3 heteroatoms. The molecule has 0 N–H and O–H groups in total. The Morgan fingerprint density at radius 3 is 1.79 bits per heavy atom. The average molecular weight is 728 g/mol. The Bertz CT molecular complexity index is 3220. The molecule has 57 heavy (non-hydrogen) atoms. The minimum absolute atomic E-state index is 0.146. The van der Waals surface area contributed by atoms with Crippen LogP contribution in [0.15, 0.2) is 188 Å². The lowest BCUT2D eigenvalue weighted by atomic mass is 9.79. The molecule has 0 saturated heterocycles. The molecule has 0 unspecified atom stereocenters. The van der Waals surface area contributed by atoms with Gasteiger partial charge in [0.2, 0.25) is 0 Å². The zero-order valence-electron chi connectivity index (χ0n) is 31.7. The Balaban J connectivity index is 1.17. The summed E-state index contributed by atoms with van der Waals surface area (Å²) in [6.07, 6.45) is 0. The normalized spacial score (nSPS) is 12.9. The third-order valence-corrected chi connectivity index (χ3v) is 11.9. The summed E-state index contributed by atoms with van der Waals surface area (Å²) < 4.78 is 0. The van der Waals surface area contributed by atoms with Crippen molar-refractivity contribution < 1.29 is 0 Å². The van der Waals surface area contributed by atoms with Crippen LogP contribution in [0.1, 0.15) is 25.0 Å². The molecule has 11 rings (SSSR count). The van der Waals surface area contributed by atoms with E-state index in [2.05, 4.69) is 202 Å². The number of fused-ring (bicyclic) bond motifs is 7. The minimum Gasteiger partial charge on any atom is -0.208 e. The summed E-state index contributed by atoms with van der Waals surface area (Å²) in [5.41, 5.74) is 12.6. The van der Waals surface area contributed by atoms with Crippen molar-refractivity contribution in [3.63, 3.8) is 0 Å². The SMILES string of the molecule is CC1(C)c2ccccc2-c2cccc(-c3cccc(-c4nc(-c5ccccc5-c5ccccc5)nc(-c5c6ccccc6cc6c5ccc5ccccc56)n4)c3)c21. The molecule has 268 valence electrons. The van der Waals surface area contributed by atoms with E-state index in [0.29, 0.717) is 17.5 Å². The van der Waals surface area contributed by atoms with E-state index in [1.54, 1.807) is 0 Å². The van der Waals surface area contributed by atoms with Crippen LogP contribution in [0, 0.1) is 0 Å². The average Bonchev–Trinajstić information content (AvgIpc) is 3.51. The third-order valence-electron chi connectivity index (χ3n) is 11.9. The lowest BCUT2D eigenvalue weighted by Gasteiger charge is -2.24. The molecule has 1 aliphatic carbocycles. The van der Waals surface area contributed by atoms with Crippen LogP contribution >= 0.6 is 0 Å². The van der Waals surface area contributed by atoms with E-state index in [9.17, 15) is 0 Å². The highest BCUT2D eigenvalue weighted by atomic mass is 15.0. The van der Waals surface area contributed by atoms with Crippen LogP contribution in [-0.2, 0) is 5.41 Å². The number of hydrogen-bond acceptors (Lipinski definition) is 3. The Hall–Kier alpha value is -7.23. The highest BCUT2D eigenvalue weighted by Crippen LogP contribution is 2.52. The van der Waals surface area contributed by atoms with Crippen molar-refractivity contribution in [1.82, 2.24) is 15.0 Å². The zero-order chi connectivity index (χ0) is 38.1. The van der Waals surface area contributed by atoms with Gasteiger partial charge in [-0.1, -0.05) is 190 Å². The number of hydrogen-bond donors (Lipinski definition) is 0. The van der Waals surface area contributed by atoms with E-state index < -0.39 is 0 Å². The maximum absolute atomic E-state index is 5.43. The summed E-state index contributed by atoms with van der Waals surface area (Å²) in [5, 5.41) is 6.96. The maximum Gasteiger partial charge on any atom is 0.165 e. The first kappa shape index (κ1) is 33.1. The predicted molar refractivity (Wildman–Crippen MR) is 237 cm³/mol. The summed E-state index contributed by atoms with van der Waals surface area (Å²) in [4.78, 5) is 16.2. The van der Waals surface area contributed by atoms with Crippen molar-refractivity contribution in [1.29, 1.82) is 0 Å². The van der Waals surface area contributed by atoms with Gasteiger partial charge < -0.3 is 0 Å². The van der Waals surface area contributed by atoms with E-state index in [-0.39, 0.29) is 5.41 Å². The first-order valence-corrected chi connectivity index (χ1v) is 19.6. The lowest BCUT2D eigenvalue weighted by molar-refractivity contribution is 0.662. The highest BCUT2D eigenvalue weighted by molar-refractivity contribution is 6.19. The molecule has 0 bridgehead atoms. The number of aromatic nitrogens is 3. The van der Waals surface area contributed by atoms with E-state index in [4.69, 9.17) is 15.0 Å². The molecular formula is C54H37N3.